The van der Waals surface area contributed by atoms with Crippen LogP contribution in [0.25, 0.3) is 0 Å². The topological polar surface area (TPSA) is 80.0 Å². The van der Waals surface area contributed by atoms with Crippen LogP contribution in [0.3, 0.4) is 0 Å². The summed E-state index contributed by atoms with van der Waals surface area (Å²) in [7, 11) is 0. The van der Waals surface area contributed by atoms with Gasteiger partial charge in [0.15, 0.2) is 0 Å². The lowest BCUT2D eigenvalue weighted by molar-refractivity contribution is 0.0914. The van der Waals surface area contributed by atoms with Crippen molar-refractivity contribution in [1.29, 1.82) is 0 Å². The Bertz CT molecular complexity index is 400. The Morgan fingerprint density at radius 2 is 2.06 bits per heavy atom. The Morgan fingerprint density at radius 1 is 1.44 bits per heavy atom. The Labute approximate surface area is 99.4 Å². The van der Waals surface area contributed by atoms with E-state index in [9.17, 15) is 4.79 Å². The maximum Gasteiger partial charge on any atom is 0.271 e. The summed E-state index contributed by atoms with van der Waals surface area (Å²) in [4.78, 5) is 15.8. The number of hydrazine groups is 1. The molecule has 0 fully saturated rings. The maximum absolute atomic E-state index is 11.8. The van der Waals surface area contributed by atoms with E-state index in [1.165, 1.54) is 0 Å². The number of halogens is 1. The number of carbonyl (C=O) groups excluding carboxylic acids is 1. The van der Waals surface area contributed by atoms with Gasteiger partial charge in [0.25, 0.3) is 5.91 Å². The van der Waals surface area contributed by atoms with Gasteiger partial charge in [0, 0.05) is 5.54 Å². The third-order valence-electron chi connectivity index (χ3n) is 1.70. The molecule has 88 valence electrons. The van der Waals surface area contributed by atoms with E-state index in [0.29, 0.717) is 10.8 Å². The van der Waals surface area contributed by atoms with Crippen LogP contribution in [-0.2, 0) is 0 Å². The number of carbonyl (C=O) groups is 1. The van der Waals surface area contributed by atoms with Crippen molar-refractivity contribution >= 4 is 23.3 Å². The van der Waals surface area contributed by atoms with Gasteiger partial charge in [-0.25, -0.2) is 10.8 Å². The highest BCUT2D eigenvalue weighted by Gasteiger charge is 2.19. The second-order valence-corrected chi connectivity index (χ2v) is 4.78. The molecule has 0 aliphatic heterocycles. The van der Waals surface area contributed by atoms with E-state index >= 15 is 0 Å². The van der Waals surface area contributed by atoms with E-state index in [1.54, 1.807) is 12.1 Å². The summed E-state index contributed by atoms with van der Waals surface area (Å²) in [5.41, 5.74) is 2.18. The van der Waals surface area contributed by atoms with Crippen LogP contribution in [0.15, 0.2) is 12.1 Å². The minimum atomic E-state index is -0.339. The van der Waals surface area contributed by atoms with Crippen molar-refractivity contribution in [3.63, 3.8) is 0 Å². The molecular weight excluding hydrogens is 228 g/mol. The van der Waals surface area contributed by atoms with Gasteiger partial charge in [0.05, 0.1) is 5.02 Å². The number of hydrogen-bond acceptors (Lipinski definition) is 4. The van der Waals surface area contributed by atoms with Gasteiger partial charge in [0.1, 0.15) is 11.5 Å². The minimum Gasteiger partial charge on any atom is -0.346 e. The first kappa shape index (κ1) is 12.7. The highest BCUT2D eigenvalue weighted by molar-refractivity contribution is 6.33. The number of hydrogen-bond donors (Lipinski definition) is 3. The SMILES string of the molecule is CC(C)(C)NC(=O)c1nc(NN)ccc1Cl. The van der Waals surface area contributed by atoms with E-state index in [1.807, 2.05) is 20.8 Å². The zero-order valence-corrected chi connectivity index (χ0v) is 10.2. The third-order valence-corrected chi connectivity index (χ3v) is 2.00. The van der Waals surface area contributed by atoms with E-state index in [0.717, 1.165) is 0 Å². The minimum absolute atomic E-state index is 0.159. The van der Waals surface area contributed by atoms with Crippen molar-refractivity contribution in [3.05, 3.63) is 22.8 Å². The number of nitrogens with one attached hydrogen (secondary N) is 2. The molecule has 1 heterocycles. The number of anilines is 1. The molecule has 0 saturated carbocycles. The zero-order valence-electron chi connectivity index (χ0n) is 9.47. The number of nitrogen functional groups attached to an aromatic ring is 1. The molecule has 0 aliphatic carbocycles. The molecule has 1 amide bonds. The van der Waals surface area contributed by atoms with Crippen LogP contribution >= 0.6 is 11.6 Å². The Balaban J connectivity index is 2.98. The average molecular weight is 243 g/mol. The Hall–Kier alpha value is -1.33. The van der Waals surface area contributed by atoms with Crippen LogP contribution in [0.5, 0.6) is 0 Å². The van der Waals surface area contributed by atoms with Crippen LogP contribution in [0.1, 0.15) is 31.3 Å². The van der Waals surface area contributed by atoms with Crippen molar-refractivity contribution in [2.75, 3.05) is 5.43 Å². The zero-order chi connectivity index (χ0) is 12.3. The van der Waals surface area contributed by atoms with Gasteiger partial charge >= 0.3 is 0 Å². The predicted octanol–water partition coefficient (Wildman–Crippen LogP) is 1.55. The van der Waals surface area contributed by atoms with Gasteiger partial charge in [-0.2, -0.15) is 0 Å². The van der Waals surface area contributed by atoms with Crippen LogP contribution in [-0.4, -0.2) is 16.4 Å². The fourth-order valence-corrected chi connectivity index (χ4v) is 1.27. The van der Waals surface area contributed by atoms with Gasteiger partial charge in [-0.15, -0.1) is 0 Å². The van der Waals surface area contributed by atoms with Crippen molar-refractivity contribution in [2.24, 2.45) is 5.84 Å². The number of amides is 1. The fraction of sp³-hybridized carbons (Fsp3) is 0.400. The van der Waals surface area contributed by atoms with Crippen molar-refractivity contribution in [3.8, 4) is 0 Å². The van der Waals surface area contributed by atoms with Gasteiger partial charge < -0.3 is 10.7 Å². The highest BCUT2D eigenvalue weighted by Crippen LogP contribution is 2.17. The third kappa shape index (κ3) is 3.36. The van der Waals surface area contributed by atoms with Gasteiger partial charge in [0.2, 0.25) is 0 Å². The average Bonchev–Trinajstić information content (AvgIpc) is 2.15. The second-order valence-electron chi connectivity index (χ2n) is 4.38. The molecule has 0 unspecified atom stereocenters. The standard InChI is InChI=1S/C10H15ClN4O/c1-10(2,3)14-9(16)8-6(11)4-5-7(13-8)15-12/h4-5H,12H2,1-3H3,(H,13,15)(H,14,16). The van der Waals surface area contributed by atoms with Crippen LogP contribution in [0, 0.1) is 0 Å². The molecule has 0 spiro atoms. The number of pyridine rings is 1. The quantitative estimate of drug-likeness (QED) is 0.543. The van der Waals surface area contributed by atoms with Gasteiger partial charge in [-0.05, 0) is 32.9 Å². The summed E-state index contributed by atoms with van der Waals surface area (Å²) in [5, 5.41) is 3.07. The summed E-state index contributed by atoms with van der Waals surface area (Å²) < 4.78 is 0. The van der Waals surface area contributed by atoms with Crippen LogP contribution in [0.4, 0.5) is 5.82 Å². The van der Waals surface area contributed by atoms with Crippen LogP contribution in [0.2, 0.25) is 5.02 Å². The first-order valence-corrected chi connectivity index (χ1v) is 5.17. The van der Waals surface area contributed by atoms with Crippen molar-refractivity contribution in [2.45, 2.75) is 26.3 Å². The normalized spacial score (nSPS) is 11.1. The Morgan fingerprint density at radius 3 is 2.56 bits per heavy atom. The van der Waals surface area contributed by atoms with Gasteiger partial charge in [-0.3, -0.25) is 4.79 Å². The predicted molar refractivity (Wildman–Crippen MR) is 64.3 cm³/mol. The molecule has 0 aliphatic rings. The molecule has 0 saturated heterocycles. The lowest BCUT2D eigenvalue weighted by atomic mass is 10.1. The van der Waals surface area contributed by atoms with E-state index in [-0.39, 0.29) is 17.1 Å². The molecule has 4 N–H and O–H groups in total. The fourth-order valence-electron chi connectivity index (χ4n) is 1.08. The molecule has 1 aromatic heterocycles. The second kappa shape index (κ2) is 4.67. The summed E-state index contributed by atoms with van der Waals surface area (Å²) in [6, 6.07) is 3.16. The first-order chi connectivity index (χ1) is 7.33. The molecular formula is C10H15ClN4O. The van der Waals surface area contributed by atoms with E-state index in [4.69, 9.17) is 17.4 Å². The molecule has 0 aromatic carbocycles. The van der Waals surface area contributed by atoms with Crippen LogP contribution < -0.4 is 16.6 Å². The Kier molecular flexibility index (Phi) is 3.72. The molecule has 16 heavy (non-hydrogen) atoms. The molecule has 6 heteroatoms. The summed E-state index contributed by atoms with van der Waals surface area (Å²) in [6.45, 7) is 5.64. The summed E-state index contributed by atoms with van der Waals surface area (Å²) in [5.74, 6) is 5.28. The van der Waals surface area contributed by atoms with E-state index < -0.39 is 0 Å². The smallest absolute Gasteiger partial charge is 0.271 e. The molecule has 0 bridgehead atoms. The molecule has 0 radical (unpaired) electrons. The lowest BCUT2D eigenvalue weighted by Gasteiger charge is -2.20. The lowest BCUT2D eigenvalue weighted by Crippen LogP contribution is -2.41. The molecule has 1 rings (SSSR count). The van der Waals surface area contributed by atoms with E-state index in [2.05, 4.69) is 15.7 Å². The summed E-state index contributed by atoms with van der Waals surface area (Å²) >= 11 is 5.88. The molecule has 0 atom stereocenters. The number of nitrogens with two attached hydrogens (primary N) is 1. The van der Waals surface area contributed by atoms with Crippen molar-refractivity contribution < 1.29 is 4.79 Å². The molecule has 5 nitrogen and oxygen atoms in total. The summed E-state index contributed by atoms with van der Waals surface area (Å²) in [6.07, 6.45) is 0. The number of rotatable bonds is 2. The first-order valence-electron chi connectivity index (χ1n) is 4.79. The maximum atomic E-state index is 11.8. The highest BCUT2D eigenvalue weighted by atomic mass is 35.5. The largest absolute Gasteiger partial charge is 0.346 e. The molecule has 1 aromatic rings. The van der Waals surface area contributed by atoms with Crippen molar-refractivity contribution in [1.82, 2.24) is 10.3 Å². The van der Waals surface area contributed by atoms with Gasteiger partial charge in [-0.1, -0.05) is 11.6 Å². The monoisotopic (exact) mass is 242 g/mol. The number of nitrogens with zero attached hydrogens (tertiary/aromatic N) is 1. The number of aromatic nitrogens is 1.